The first-order chi connectivity index (χ1) is 13.3. The van der Waals surface area contributed by atoms with Crippen molar-refractivity contribution in [2.75, 3.05) is 13.2 Å². The summed E-state index contributed by atoms with van der Waals surface area (Å²) in [6, 6.07) is 23.7. The number of ether oxygens (including phenoxy) is 1. The van der Waals surface area contributed by atoms with Crippen molar-refractivity contribution >= 4 is 5.91 Å². The number of nitrogens with zero attached hydrogens (tertiary/aromatic N) is 2. The molecular formula is C23H24N2O2. The lowest BCUT2D eigenvalue weighted by molar-refractivity contribution is -0.133. The summed E-state index contributed by atoms with van der Waals surface area (Å²) < 4.78 is 7.77. The van der Waals surface area contributed by atoms with Crippen molar-refractivity contribution in [3.8, 4) is 5.75 Å². The van der Waals surface area contributed by atoms with Gasteiger partial charge >= 0.3 is 0 Å². The second-order valence-corrected chi connectivity index (χ2v) is 6.28. The van der Waals surface area contributed by atoms with Gasteiger partial charge < -0.3 is 14.2 Å². The molecule has 0 unspecified atom stereocenters. The molecule has 138 valence electrons. The van der Waals surface area contributed by atoms with E-state index in [0.717, 1.165) is 12.2 Å². The molecule has 0 atom stereocenters. The van der Waals surface area contributed by atoms with Crippen LogP contribution < -0.4 is 4.74 Å². The lowest BCUT2D eigenvalue weighted by Crippen LogP contribution is -2.35. The molecule has 0 fully saturated rings. The predicted molar refractivity (Wildman–Crippen MR) is 108 cm³/mol. The molecule has 1 aromatic heterocycles. The fourth-order valence-corrected chi connectivity index (χ4v) is 2.89. The van der Waals surface area contributed by atoms with E-state index in [-0.39, 0.29) is 12.5 Å². The first-order valence-corrected chi connectivity index (χ1v) is 9.00. The minimum absolute atomic E-state index is 0.0112. The summed E-state index contributed by atoms with van der Waals surface area (Å²) in [5, 5.41) is 0. The monoisotopic (exact) mass is 360 g/mol. The topological polar surface area (TPSA) is 34.5 Å². The molecular weight excluding hydrogens is 336 g/mol. The largest absolute Gasteiger partial charge is 0.484 e. The van der Waals surface area contributed by atoms with Crippen LogP contribution in [-0.2, 0) is 17.9 Å². The van der Waals surface area contributed by atoms with Crippen molar-refractivity contribution in [1.82, 2.24) is 9.47 Å². The minimum Gasteiger partial charge on any atom is -0.484 e. The van der Waals surface area contributed by atoms with Crippen LogP contribution in [0.4, 0.5) is 0 Å². The van der Waals surface area contributed by atoms with Gasteiger partial charge in [-0.05, 0) is 29.8 Å². The van der Waals surface area contributed by atoms with E-state index in [4.69, 9.17) is 4.74 Å². The first-order valence-electron chi connectivity index (χ1n) is 9.00. The van der Waals surface area contributed by atoms with Crippen LogP contribution in [0, 0.1) is 0 Å². The lowest BCUT2D eigenvalue weighted by atomic mass is 10.2. The Bertz CT molecular complexity index is 856. The summed E-state index contributed by atoms with van der Waals surface area (Å²) in [4.78, 5) is 14.4. The fourth-order valence-electron chi connectivity index (χ4n) is 2.89. The number of amides is 1. The molecule has 0 saturated carbocycles. The molecule has 3 aromatic rings. The zero-order chi connectivity index (χ0) is 18.9. The van der Waals surface area contributed by atoms with Gasteiger partial charge in [0.05, 0.1) is 6.54 Å². The highest BCUT2D eigenvalue weighted by Gasteiger charge is 2.15. The molecule has 0 aliphatic rings. The van der Waals surface area contributed by atoms with Crippen LogP contribution in [0.1, 0.15) is 11.3 Å². The van der Waals surface area contributed by atoms with E-state index in [0.29, 0.717) is 18.8 Å². The van der Waals surface area contributed by atoms with Crippen molar-refractivity contribution in [3.63, 3.8) is 0 Å². The highest BCUT2D eigenvalue weighted by Crippen LogP contribution is 2.12. The molecule has 2 aromatic carbocycles. The average Bonchev–Trinajstić information content (AvgIpc) is 3.14. The second kappa shape index (κ2) is 9.43. The Morgan fingerprint density at radius 3 is 2.41 bits per heavy atom. The fraction of sp³-hybridized carbons (Fsp3) is 0.174. The van der Waals surface area contributed by atoms with Gasteiger partial charge in [-0.1, -0.05) is 54.6 Å². The van der Waals surface area contributed by atoms with Gasteiger partial charge in [0.25, 0.3) is 5.91 Å². The van der Waals surface area contributed by atoms with Gasteiger partial charge in [-0.3, -0.25) is 4.79 Å². The van der Waals surface area contributed by atoms with E-state index in [2.05, 4.69) is 23.3 Å². The van der Waals surface area contributed by atoms with Crippen LogP contribution in [0.3, 0.4) is 0 Å². The Kier molecular flexibility index (Phi) is 6.47. The number of aromatic nitrogens is 1. The third-order valence-electron chi connectivity index (χ3n) is 4.28. The maximum absolute atomic E-state index is 12.6. The average molecular weight is 360 g/mol. The first kappa shape index (κ1) is 18.5. The Morgan fingerprint density at radius 2 is 1.70 bits per heavy atom. The highest BCUT2D eigenvalue weighted by atomic mass is 16.5. The second-order valence-electron chi connectivity index (χ2n) is 6.28. The van der Waals surface area contributed by atoms with Crippen LogP contribution in [0.2, 0.25) is 0 Å². The summed E-state index contributed by atoms with van der Waals surface area (Å²) in [6.45, 7) is 5.56. The smallest absolute Gasteiger partial charge is 0.261 e. The molecule has 0 saturated heterocycles. The molecule has 27 heavy (non-hydrogen) atoms. The number of hydrogen-bond donors (Lipinski definition) is 0. The van der Waals surface area contributed by atoms with Gasteiger partial charge in [-0.25, -0.2) is 0 Å². The molecule has 1 heterocycles. The Balaban J connectivity index is 1.65. The highest BCUT2D eigenvalue weighted by molar-refractivity contribution is 5.77. The third-order valence-corrected chi connectivity index (χ3v) is 4.28. The maximum atomic E-state index is 12.6. The van der Waals surface area contributed by atoms with Crippen LogP contribution in [-0.4, -0.2) is 28.5 Å². The third kappa shape index (κ3) is 5.35. The number of rotatable bonds is 9. The Morgan fingerprint density at radius 1 is 1.00 bits per heavy atom. The van der Waals surface area contributed by atoms with Crippen molar-refractivity contribution in [3.05, 3.63) is 103 Å². The Hall–Kier alpha value is -3.27. The van der Waals surface area contributed by atoms with Gasteiger partial charge in [0.15, 0.2) is 6.61 Å². The van der Waals surface area contributed by atoms with Crippen molar-refractivity contribution in [2.45, 2.75) is 13.1 Å². The van der Waals surface area contributed by atoms with Gasteiger partial charge in [0, 0.05) is 25.0 Å². The van der Waals surface area contributed by atoms with E-state index in [1.807, 2.05) is 66.9 Å². The summed E-state index contributed by atoms with van der Waals surface area (Å²) >= 11 is 0. The molecule has 0 N–H and O–H groups in total. The van der Waals surface area contributed by atoms with E-state index in [9.17, 15) is 4.79 Å². The van der Waals surface area contributed by atoms with E-state index >= 15 is 0 Å². The standard InChI is InChI=1S/C23H24N2O2/c1-2-15-25(23(26)19-27-22-13-7-4-8-14-22)18-21-12-9-16-24(21)17-20-10-5-3-6-11-20/h2-14,16H,1,15,17-19H2. The molecule has 3 rings (SSSR count). The van der Waals surface area contributed by atoms with E-state index < -0.39 is 0 Å². The van der Waals surface area contributed by atoms with Gasteiger partial charge in [-0.15, -0.1) is 6.58 Å². The summed E-state index contributed by atoms with van der Waals surface area (Å²) in [6.07, 6.45) is 3.78. The summed E-state index contributed by atoms with van der Waals surface area (Å²) in [5.74, 6) is 0.628. The van der Waals surface area contributed by atoms with Crippen molar-refractivity contribution < 1.29 is 9.53 Å². The predicted octanol–water partition coefficient (Wildman–Crippen LogP) is 4.13. The van der Waals surface area contributed by atoms with Crippen LogP contribution >= 0.6 is 0 Å². The van der Waals surface area contributed by atoms with Crippen LogP contribution in [0.25, 0.3) is 0 Å². The molecule has 1 amide bonds. The molecule has 4 nitrogen and oxygen atoms in total. The van der Waals surface area contributed by atoms with E-state index in [1.165, 1.54) is 5.56 Å². The molecule has 0 aliphatic heterocycles. The molecule has 0 bridgehead atoms. The zero-order valence-electron chi connectivity index (χ0n) is 15.3. The molecule has 0 aliphatic carbocycles. The SMILES string of the molecule is C=CCN(Cc1cccn1Cc1ccccc1)C(=O)COc1ccccc1. The normalized spacial score (nSPS) is 10.4. The maximum Gasteiger partial charge on any atom is 0.261 e. The van der Waals surface area contributed by atoms with Gasteiger partial charge in [0.1, 0.15) is 5.75 Å². The molecule has 0 radical (unpaired) electrons. The number of para-hydroxylation sites is 1. The number of benzene rings is 2. The number of carbonyl (C=O) groups is 1. The van der Waals surface area contributed by atoms with Crippen LogP contribution in [0.15, 0.2) is 91.6 Å². The molecule has 4 heteroatoms. The number of carbonyl (C=O) groups excluding carboxylic acids is 1. The van der Waals surface area contributed by atoms with Gasteiger partial charge in [-0.2, -0.15) is 0 Å². The quantitative estimate of drug-likeness (QED) is 0.538. The molecule has 0 spiro atoms. The minimum atomic E-state index is -0.0637. The Labute approximate surface area is 160 Å². The van der Waals surface area contributed by atoms with E-state index in [1.54, 1.807) is 11.0 Å². The zero-order valence-corrected chi connectivity index (χ0v) is 15.3. The van der Waals surface area contributed by atoms with Crippen molar-refractivity contribution in [2.24, 2.45) is 0 Å². The number of hydrogen-bond acceptors (Lipinski definition) is 2. The summed E-state index contributed by atoms with van der Waals surface area (Å²) in [7, 11) is 0. The van der Waals surface area contributed by atoms with Gasteiger partial charge in [0.2, 0.25) is 0 Å². The van der Waals surface area contributed by atoms with Crippen molar-refractivity contribution in [1.29, 1.82) is 0 Å². The van der Waals surface area contributed by atoms with Crippen LogP contribution in [0.5, 0.6) is 5.75 Å². The lowest BCUT2D eigenvalue weighted by Gasteiger charge is -2.22. The summed E-state index contributed by atoms with van der Waals surface area (Å²) in [5.41, 5.74) is 2.30.